The molecular weight excluding hydrogens is 323 g/mol. The van der Waals surface area contributed by atoms with Crippen LogP contribution in [0.5, 0.6) is 0 Å². The molecule has 1 aliphatic heterocycles. The fraction of sp³-hybridized carbons (Fsp3) is 0.600. The Labute approximate surface area is 128 Å². The van der Waals surface area contributed by atoms with Gasteiger partial charge in [-0.1, -0.05) is 19.1 Å². The SMILES string of the molecule is CCN1CCOC(C(Cc2cccc(F)c2Br)NC)C1. The van der Waals surface area contributed by atoms with Crippen molar-refractivity contribution in [1.29, 1.82) is 0 Å². The largest absolute Gasteiger partial charge is 0.374 e. The Hall–Kier alpha value is -0.490. The van der Waals surface area contributed by atoms with Crippen LogP contribution in [0.15, 0.2) is 22.7 Å². The highest BCUT2D eigenvalue weighted by Gasteiger charge is 2.27. The number of nitrogens with zero attached hydrogens (tertiary/aromatic N) is 1. The maximum atomic E-state index is 13.6. The monoisotopic (exact) mass is 344 g/mol. The van der Waals surface area contributed by atoms with Crippen LogP contribution in [0.4, 0.5) is 4.39 Å². The molecule has 0 spiro atoms. The van der Waals surface area contributed by atoms with E-state index in [1.165, 1.54) is 6.07 Å². The Kier molecular flexibility index (Phi) is 5.96. The first-order valence-corrected chi connectivity index (χ1v) is 7.89. The van der Waals surface area contributed by atoms with E-state index in [0.717, 1.165) is 38.2 Å². The van der Waals surface area contributed by atoms with Gasteiger partial charge in [0.25, 0.3) is 0 Å². The maximum Gasteiger partial charge on any atom is 0.137 e. The van der Waals surface area contributed by atoms with Gasteiger partial charge in [0.2, 0.25) is 0 Å². The summed E-state index contributed by atoms with van der Waals surface area (Å²) >= 11 is 3.33. The highest BCUT2D eigenvalue weighted by atomic mass is 79.9. The minimum Gasteiger partial charge on any atom is -0.374 e. The summed E-state index contributed by atoms with van der Waals surface area (Å²) in [6.07, 6.45) is 0.890. The number of rotatable bonds is 5. The second-order valence-corrected chi connectivity index (χ2v) is 5.91. The van der Waals surface area contributed by atoms with Crippen LogP contribution in [0.1, 0.15) is 12.5 Å². The third-order valence-corrected chi connectivity index (χ3v) is 4.80. The molecular formula is C15H22BrFN2O. The second-order valence-electron chi connectivity index (χ2n) is 5.11. The molecule has 0 aromatic heterocycles. The van der Waals surface area contributed by atoms with Gasteiger partial charge in [-0.05, 0) is 47.6 Å². The third-order valence-electron chi connectivity index (χ3n) is 3.92. The van der Waals surface area contributed by atoms with Gasteiger partial charge in [0.15, 0.2) is 0 Å². The number of nitrogens with one attached hydrogen (secondary N) is 1. The lowest BCUT2D eigenvalue weighted by molar-refractivity contribution is -0.0436. The van der Waals surface area contributed by atoms with E-state index in [2.05, 4.69) is 33.1 Å². The maximum absolute atomic E-state index is 13.6. The number of hydrogen-bond acceptors (Lipinski definition) is 3. The van der Waals surface area contributed by atoms with E-state index in [9.17, 15) is 4.39 Å². The Morgan fingerprint density at radius 3 is 3.05 bits per heavy atom. The highest BCUT2D eigenvalue weighted by Crippen LogP contribution is 2.23. The van der Waals surface area contributed by atoms with E-state index >= 15 is 0 Å². The van der Waals surface area contributed by atoms with Gasteiger partial charge in [-0.2, -0.15) is 0 Å². The fourth-order valence-corrected chi connectivity index (χ4v) is 3.05. The molecule has 1 aromatic carbocycles. The molecule has 1 fully saturated rings. The number of benzene rings is 1. The molecule has 0 bridgehead atoms. The molecule has 2 rings (SSSR count). The molecule has 1 heterocycles. The number of morpholine rings is 1. The van der Waals surface area contributed by atoms with Gasteiger partial charge >= 0.3 is 0 Å². The van der Waals surface area contributed by atoms with Crippen molar-refractivity contribution in [3.63, 3.8) is 0 Å². The minimum absolute atomic E-state index is 0.142. The summed E-state index contributed by atoms with van der Waals surface area (Å²) in [7, 11) is 1.94. The van der Waals surface area contributed by atoms with Gasteiger partial charge in [-0.25, -0.2) is 4.39 Å². The zero-order chi connectivity index (χ0) is 14.5. The van der Waals surface area contributed by atoms with Crippen LogP contribution in [-0.4, -0.2) is 50.3 Å². The van der Waals surface area contributed by atoms with Gasteiger partial charge in [-0.15, -0.1) is 0 Å². The van der Waals surface area contributed by atoms with E-state index < -0.39 is 0 Å². The van der Waals surface area contributed by atoms with Crippen LogP contribution in [0.2, 0.25) is 0 Å². The zero-order valence-corrected chi connectivity index (χ0v) is 13.6. The molecule has 1 saturated heterocycles. The Bertz CT molecular complexity index is 444. The zero-order valence-electron chi connectivity index (χ0n) is 12.0. The predicted octanol–water partition coefficient (Wildman–Crippen LogP) is 2.44. The predicted molar refractivity (Wildman–Crippen MR) is 82.5 cm³/mol. The summed E-state index contributed by atoms with van der Waals surface area (Å²) in [4.78, 5) is 2.39. The fourth-order valence-electron chi connectivity index (χ4n) is 2.62. The van der Waals surface area contributed by atoms with Crippen molar-refractivity contribution in [2.45, 2.75) is 25.5 Å². The quantitative estimate of drug-likeness (QED) is 0.887. The van der Waals surface area contributed by atoms with Crippen molar-refractivity contribution >= 4 is 15.9 Å². The lowest BCUT2D eigenvalue weighted by Gasteiger charge is -2.36. The molecule has 1 aliphatic rings. The van der Waals surface area contributed by atoms with E-state index in [1.54, 1.807) is 6.07 Å². The van der Waals surface area contributed by atoms with Crippen LogP contribution in [-0.2, 0) is 11.2 Å². The van der Waals surface area contributed by atoms with E-state index in [1.807, 2.05) is 13.1 Å². The molecule has 0 amide bonds. The molecule has 0 saturated carbocycles. The Morgan fingerprint density at radius 2 is 2.35 bits per heavy atom. The third kappa shape index (κ3) is 3.79. The molecule has 1 aromatic rings. The van der Waals surface area contributed by atoms with E-state index in [0.29, 0.717) is 4.47 Å². The molecule has 0 aliphatic carbocycles. The number of likely N-dealkylation sites (N-methyl/N-ethyl adjacent to an activating group) is 2. The first kappa shape index (κ1) is 15.9. The smallest absolute Gasteiger partial charge is 0.137 e. The first-order valence-electron chi connectivity index (χ1n) is 7.09. The van der Waals surface area contributed by atoms with Crippen LogP contribution in [0.25, 0.3) is 0 Å². The Balaban J connectivity index is 2.06. The standard InChI is InChI=1S/C15H22BrFN2O/c1-3-19-7-8-20-14(10-19)13(18-2)9-11-5-4-6-12(17)15(11)16/h4-6,13-14,18H,3,7-10H2,1-2H3. The second kappa shape index (κ2) is 7.50. The summed E-state index contributed by atoms with van der Waals surface area (Å²) in [5, 5.41) is 3.32. The van der Waals surface area contributed by atoms with Crippen molar-refractivity contribution in [2.24, 2.45) is 0 Å². The molecule has 2 atom stereocenters. The average molecular weight is 345 g/mol. The first-order chi connectivity index (χ1) is 9.65. The highest BCUT2D eigenvalue weighted by molar-refractivity contribution is 9.10. The summed E-state index contributed by atoms with van der Waals surface area (Å²) in [5.74, 6) is -0.211. The summed E-state index contributed by atoms with van der Waals surface area (Å²) in [6.45, 7) is 5.89. The van der Waals surface area contributed by atoms with E-state index in [4.69, 9.17) is 4.74 Å². The van der Waals surface area contributed by atoms with Crippen LogP contribution in [0, 0.1) is 5.82 Å². The van der Waals surface area contributed by atoms with Crippen LogP contribution in [0.3, 0.4) is 0 Å². The average Bonchev–Trinajstić information content (AvgIpc) is 2.49. The van der Waals surface area contributed by atoms with Crippen LogP contribution < -0.4 is 5.32 Å². The van der Waals surface area contributed by atoms with Crippen molar-refractivity contribution in [1.82, 2.24) is 10.2 Å². The Morgan fingerprint density at radius 1 is 1.55 bits per heavy atom. The van der Waals surface area contributed by atoms with Gasteiger partial charge in [0, 0.05) is 19.1 Å². The van der Waals surface area contributed by atoms with Gasteiger partial charge < -0.3 is 10.1 Å². The molecule has 3 nitrogen and oxygen atoms in total. The van der Waals surface area contributed by atoms with Gasteiger partial charge in [-0.3, -0.25) is 4.90 Å². The summed E-state index contributed by atoms with van der Waals surface area (Å²) < 4.78 is 20.0. The van der Waals surface area contributed by atoms with Crippen molar-refractivity contribution in [2.75, 3.05) is 33.3 Å². The van der Waals surface area contributed by atoms with Crippen LogP contribution >= 0.6 is 15.9 Å². The topological polar surface area (TPSA) is 24.5 Å². The molecule has 2 unspecified atom stereocenters. The lowest BCUT2D eigenvalue weighted by Crippen LogP contribution is -2.52. The van der Waals surface area contributed by atoms with Gasteiger partial charge in [0.1, 0.15) is 5.82 Å². The van der Waals surface area contributed by atoms with Crippen molar-refractivity contribution in [3.8, 4) is 0 Å². The summed E-state index contributed by atoms with van der Waals surface area (Å²) in [6, 6.07) is 5.36. The number of hydrogen-bond donors (Lipinski definition) is 1. The molecule has 1 N–H and O–H groups in total. The number of ether oxygens (including phenoxy) is 1. The summed E-state index contributed by atoms with van der Waals surface area (Å²) in [5.41, 5.74) is 0.974. The molecule has 112 valence electrons. The normalized spacial score (nSPS) is 21.9. The molecule has 5 heteroatoms. The lowest BCUT2D eigenvalue weighted by atomic mass is 10.00. The molecule has 20 heavy (non-hydrogen) atoms. The van der Waals surface area contributed by atoms with Gasteiger partial charge in [0.05, 0.1) is 17.2 Å². The minimum atomic E-state index is -0.211. The number of halogens is 2. The van der Waals surface area contributed by atoms with Crippen molar-refractivity contribution < 1.29 is 9.13 Å². The van der Waals surface area contributed by atoms with E-state index in [-0.39, 0.29) is 18.0 Å². The molecule has 0 radical (unpaired) electrons. The van der Waals surface area contributed by atoms with Crippen molar-refractivity contribution in [3.05, 3.63) is 34.1 Å².